The highest BCUT2D eigenvalue weighted by atomic mass is 35.5. The molecule has 1 aromatic rings. The van der Waals surface area contributed by atoms with E-state index in [1.165, 1.54) is 0 Å². The van der Waals surface area contributed by atoms with Crippen LogP contribution in [0.5, 0.6) is 0 Å². The quantitative estimate of drug-likeness (QED) is 0.808. The van der Waals surface area contributed by atoms with Gasteiger partial charge in [-0.05, 0) is 19.1 Å². The molecule has 1 amide bonds. The molecule has 0 fully saturated rings. The monoisotopic (exact) mass is 283 g/mol. The summed E-state index contributed by atoms with van der Waals surface area (Å²) < 4.78 is 5.32. The van der Waals surface area contributed by atoms with Gasteiger partial charge in [0.05, 0.1) is 17.3 Å². The SMILES string of the molecule is CCOCCN(C)c1cc2c(cc1Cl)C(N)C(=O)N2. The fourth-order valence-corrected chi connectivity index (χ4v) is 2.37. The number of hydrogen-bond donors (Lipinski definition) is 2. The van der Waals surface area contributed by atoms with Gasteiger partial charge in [0.2, 0.25) is 5.91 Å². The Morgan fingerprint density at radius 1 is 1.53 bits per heavy atom. The zero-order valence-corrected chi connectivity index (χ0v) is 11.8. The van der Waals surface area contributed by atoms with Crippen LogP contribution in [0.3, 0.4) is 0 Å². The molecule has 5 nitrogen and oxygen atoms in total. The number of nitrogens with two attached hydrogens (primary N) is 1. The highest BCUT2D eigenvalue weighted by molar-refractivity contribution is 6.33. The maximum Gasteiger partial charge on any atom is 0.245 e. The minimum Gasteiger partial charge on any atom is -0.380 e. The fraction of sp³-hybridized carbons (Fsp3) is 0.462. The third kappa shape index (κ3) is 2.83. The Labute approximate surface area is 117 Å². The van der Waals surface area contributed by atoms with Gasteiger partial charge in [-0.25, -0.2) is 0 Å². The summed E-state index contributed by atoms with van der Waals surface area (Å²) in [6, 6.07) is 2.98. The molecule has 0 bridgehead atoms. The van der Waals surface area contributed by atoms with Gasteiger partial charge in [0.15, 0.2) is 0 Å². The van der Waals surface area contributed by atoms with Gasteiger partial charge < -0.3 is 20.7 Å². The number of likely N-dealkylation sites (N-methyl/N-ethyl adjacent to an activating group) is 1. The Hall–Kier alpha value is -1.30. The van der Waals surface area contributed by atoms with Crippen LogP contribution in [0, 0.1) is 0 Å². The van der Waals surface area contributed by atoms with E-state index < -0.39 is 6.04 Å². The van der Waals surface area contributed by atoms with E-state index in [0.29, 0.717) is 18.2 Å². The Morgan fingerprint density at radius 2 is 2.26 bits per heavy atom. The van der Waals surface area contributed by atoms with Crippen molar-refractivity contribution in [2.75, 3.05) is 37.0 Å². The van der Waals surface area contributed by atoms with E-state index in [-0.39, 0.29) is 5.91 Å². The van der Waals surface area contributed by atoms with Crippen molar-refractivity contribution in [1.29, 1.82) is 0 Å². The summed E-state index contributed by atoms with van der Waals surface area (Å²) in [5, 5.41) is 3.34. The first-order chi connectivity index (χ1) is 9.04. The molecule has 1 unspecified atom stereocenters. The summed E-state index contributed by atoms with van der Waals surface area (Å²) in [5.74, 6) is -0.194. The van der Waals surface area contributed by atoms with Gasteiger partial charge in [0.1, 0.15) is 6.04 Å². The van der Waals surface area contributed by atoms with Crippen LogP contribution in [0.4, 0.5) is 11.4 Å². The number of ether oxygens (including phenoxy) is 1. The molecule has 0 spiro atoms. The average Bonchev–Trinajstić information content (AvgIpc) is 2.65. The molecule has 0 saturated carbocycles. The van der Waals surface area contributed by atoms with E-state index in [9.17, 15) is 4.79 Å². The van der Waals surface area contributed by atoms with Gasteiger partial charge >= 0.3 is 0 Å². The van der Waals surface area contributed by atoms with Gasteiger partial charge in [0.25, 0.3) is 0 Å². The van der Waals surface area contributed by atoms with E-state index in [4.69, 9.17) is 22.1 Å². The molecule has 1 aliphatic rings. The van der Waals surface area contributed by atoms with Gasteiger partial charge in [-0.15, -0.1) is 0 Å². The van der Waals surface area contributed by atoms with Crippen LogP contribution in [0.1, 0.15) is 18.5 Å². The van der Waals surface area contributed by atoms with Crippen molar-refractivity contribution >= 4 is 28.9 Å². The number of carbonyl (C=O) groups is 1. The van der Waals surface area contributed by atoms with Crippen molar-refractivity contribution in [3.8, 4) is 0 Å². The lowest BCUT2D eigenvalue weighted by Crippen LogP contribution is -2.23. The van der Waals surface area contributed by atoms with E-state index >= 15 is 0 Å². The lowest BCUT2D eigenvalue weighted by atomic mass is 10.1. The lowest BCUT2D eigenvalue weighted by Gasteiger charge is -2.21. The molecule has 0 saturated heterocycles. The highest BCUT2D eigenvalue weighted by Crippen LogP contribution is 2.37. The number of nitrogens with zero attached hydrogens (tertiary/aromatic N) is 1. The minimum absolute atomic E-state index is 0.194. The first kappa shape index (κ1) is 14.1. The molecule has 1 aromatic carbocycles. The zero-order valence-electron chi connectivity index (χ0n) is 11.1. The van der Waals surface area contributed by atoms with E-state index in [1.807, 2.05) is 24.9 Å². The van der Waals surface area contributed by atoms with E-state index in [0.717, 1.165) is 23.5 Å². The summed E-state index contributed by atoms with van der Waals surface area (Å²) in [5.41, 5.74) is 8.12. The predicted molar refractivity (Wildman–Crippen MR) is 76.8 cm³/mol. The molecular weight excluding hydrogens is 266 g/mol. The number of nitrogens with one attached hydrogen (secondary N) is 1. The number of benzene rings is 1. The minimum atomic E-state index is -0.629. The summed E-state index contributed by atoms with van der Waals surface area (Å²) in [7, 11) is 1.93. The predicted octanol–water partition coefficient (Wildman–Crippen LogP) is 1.76. The van der Waals surface area contributed by atoms with Gasteiger partial charge in [-0.2, -0.15) is 0 Å². The molecule has 1 heterocycles. The lowest BCUT2D eigenvalue weighted by molar-refractivity contribution is -0.116. The Bertz CT molecular complexity index is 493. The standard InChI is InChI=1S/C13H18ClN3O2/c1-3-19-5-4-17(2)11-7-10-8(6-9(11)14)12(15)13(18)16-10/h6-7,12H,3-5,15H2,1-2H3,(H,16,18). The number of rotatable bonds is 5. The van der Waals surface area contributed by atoms with Crippen molar-refractivity contribution < 1.29 is 9.53 Å². The third-order valence-corrected chi connectivity index (χ3v) is 3.48. The number of anilines is 2. The first-order valence-electron chi connectivity index (χ1n) is 6.23. The number of carbonyl (C=O) groups excluding carboxylic acids is 1. The molecule has 2 rings (SSSR count). The number of fused-ring (bicyclic) bond motifs is 1. The number of hydrogen-bond acceptors (Lipinski definition) is 4. The van der Waals surface area contributed by atoms with Crippen molar-refractivity contribution in [1.82, 2.24) is 0 Å². The molecule has 3 N–H and O–H groups in total. The van der Waals surface area contributed by atoms with Crippen molar-refractivity contribution in [3.05, 3.63) is 22.7 Å². The Kier molecular flexibility index (Phi) is 4.29. The maximum absolute atomic E-state index is 11.5. The Balaban J connectivity index is 2.19. The fourth-order valence-electron chi connectivity index (χ4n) is 2.05. The molecule has 6 heteroatoms. The smallest absolute Gasteiger partial charge is 0.245 e. The van der Waals surface area contributed by atoms with Crippen LogP contribution in [0.15, 0.2) is 12.1 Å². The molecule has 0 aromatic heterocycles. The summed E-state index contributed by atoms with van der Waals surface area (Å²) in [6.45, 7) is 4.01. The second-order valence-corrected chi connectivity index (χ2v) is 4.88. The van der Waals surface area contributed by atoms with Crippen LogP contribution in [0.2, 0.25) is 5.02 Å². The molecule has 19 heavy (non-hydrogen) atoms. The molecule has 104 valence electrons. The van der Waals surface area contributed by atoms with E-state index in [1.54, 1.807) is 6.07 Å². The zero-order chi connectivity index (χ0) is 14.0. The summed E-state index contributed by atoms with van der Waals surface area (Å²) >= 11 is 6.25. The maximum atomic E-state index is 11.5. The summed E-state index contributed by atoms with van der Waals surface area (Å²) in [6.07, 6.45) is 0. The molecular formula is C13H18ClN3O2. The van der Waals surface area contributed by atoms with Crippen molar-refractivity contribution in [3.63, 3.8) is 0 Å². The van der Waals surface area contributed by atoms with Gasteiger partial charge in [0, 0.05) is 31.5 Å². The third-order valence-electron chi connectivity index (χ3n) is 3.18. The Morgan fingerprint density at radius 3 is 2.95 bits per heavy atom. The molecule has 0 aliphatic carbocycles. The number of amides is 1. The van der Waals surface area contributed by atoms with Crippen LogP contribution in [-0.2, 0) is 9.53 Å². The van der Waals surface area contributed by atoms with Crippen molar-refractivity contribution in [2.45, 2.75) is 13.0 Å². The van der Waals surface area contributed by atoms with E-state index in [2.05, 4.69) is 5.32 Å². The molecule has 1 atom stereocenters. The van der Waals surface area contributed by atoms with Crippen LogP contribution < -0.4 is 16.0 Å². The van der Waals surface area contributed by atoms with Gasteiger partial charge in [-0.3, -0.25) is 4.79 Å². The largest absolute Gasteiger partial charge is 0.380 e. The molecule has 0 radical (unpaired) electrons. The second-order valence-electron chi connectivity index (χ2n) is 4.48. The van der Waals surface area contributed by atoms with Crippen LogP contribution in [0.25, 0.3) is 0 Å². The topological polar surface area (TPSA) is 67.6 Å². The average molecular weight is 284 g/mol. The second kappa shape index (κ2) is 5.77. The van der Waals surface area contributed by atoms with Gasteiger partial charge in [-0.1, -0.05) is 11.6 Å². The summed E-state index contributed by atoms with van der Waals surface area (Å²) in [4.78, 5) is 13.5. The highest BCUT2D eigenvalue weighted by Gasteiger charge is 2.28. The first-order valence-corrected chi connectivity index (χ1v) is 6.61. The number of halogens is 1. The van der Waals surface area contributed by atoms with Crippen LogP contribution >= 0.6 is 11.6 Å². The normalized spacial score (nSPS) is 17.3. The van der Waals surface area contributed by atoms with Crippen LogP contribution in [-0.4, -0.2) is 32.7 Å². The molecule has 1 aliphatic heterocycles. The van der Waals surface area contributed by atoms with Crippen molar-refractivity contribution in [2.24, 2.45) is 5.73 Å².